The summed E-state index contributed by atoms with van der Waals surface area (Å²) in [6, 6.07) is 9.31. The highest BCUT2D eigenvalue weighted by Crippen LogP contribution is 2.42. The van der Waals surface area contributed by atoms with E-state index >= 15 is 0 Å². The first-order valence-electron chi connectivity index (χ1n) is 8.85. The standard InChI is InChI=1S/C20H21N3O2/c21-12-15-4-3-7-17(10-15)23-14-20(11-18(23)24)8-9-22(13-20)19(25)16-5-1-2-6-16/h1-4,7,10,16H,5-6,8-9,11,13-14H2/t20-/m1/s1. The van der Waals surface area contributed by atoms with Crippen molar-refractivity contribution >= 4 is 17.5 Å². The number of amides is 2. The molecule has 0 bridgehead atoms. The van der Waals surface area contributed by atoms with Crippen LogP contribution >= 0.6 is 0 Å². The van der Waals surface area contributed by atoms with Crippen LogP contribution in [0, 0.1) is 22.7 Å². The summed E-state index contributed by atoms with van der Waals surface area (Å²) >= 11 is 0. The Kier molecular flexibility index (Phi) is 3.84. The molecule has 25 heavy (non-hydrogen) atoms. The molecule has 1 aromatic rings. The molecule has 2 aliphatic heterocycles. The van der Waals surface area contributed by atoms with E-state index in [9.17, 15) is 9.59 Å². The molecule has 5 heteroatoms. The van der Waals surface area contributed by atoms with Crippen LogP contribution in [0.1, 0.15) is 31.2 Å². The molecule has 1 aromatic carbocycles. The first kappa shape index (κ1) is 15.9. The minimum atomic E-state index is -0.137. The molecule has 2 saturated heterocycles. The van der Waals surface area contributed by atoms with Crippen LogP contribution < -0.4 is 4.90 Å². The van der Waals surface area contributed by atoms with Gasteiger partial charge in [-0.15, -0.1) is 0 Å². The smallest absolute Gasteiger partial charge is 0.227 e. The zero-order chi connectivity index (χ0) is 17.4. The summed E-state index contributed by atoms with van der Waals surface area (Å²) in [6.45, 7) is 2.05. The third-order valence-electron chi connectivity index (χ3n) is 5.71. The highest BCUT2D eigenvalue weighted by Gasteiger charge is 2.49. The fraction of sp³-hybridized carbons (Fsp3) is 0.450. The Morgan fingerprint density at radius 1 is 1.24 bits per heavy atom. The van der Waals surface area contributed by atoms with E-state index in [1.807, 2.05) is 17.0 Å². The number of benzene rings is 1. The van der Waals surface area contributed by atoms with Gasteiger partial charge >= 0.3 is 0 Å². The number of carbonyl (C=O) groups is 2. The van der Waals surface area contributed by atoms with E-state index in [1.54, 1.807) is 17.0 Å². The lowest BCUT2D eigenvalue weighted by molar-refractivity contribution is -0.134. The number of allylic oxidation sites excluding steroid dienone is 2. The number of anilines is 1. The molecule has 1 atom stereocenters. The quantitative estimate of drug-likeness (QED) is 0.780. The van der Waals surface area contributed by atoms with Gasteiger partial charge in [0.2, 0.25) is 11.8 Å². The molecule has 0 N–H and O–H groups in total. The van der Waals surface area contributed by atoms with E-state index in [-0.39, 0.29) is 23.1 Å². The minimum Gasteiger partial charge on any atom is -0.342 e. The summed E-state index contributed by atoms with van der Waals surface area (Å²) in [5.41, 5.74) is 1.20. The minimum absolute atomic E-state index is 0.0897. The number of hydrogen-bond donors (Lipinski definition) is 0. The molecule has 1 spiro atoms. The van der Waals surface area contributed by atoms with E-state index in [1.165, 1.54) is 0 Å². The lowest BCUT2D eigenvalue weighted by Gasteiger charge is -2.25. The van der Waals surface area contributed by atoms with Crippen molar-refractivity contribution in [3.8, 4) is 6.07 Å². The first-order valence-corrected chi connectivity index (χ1v) is 8.85. The van der Waals surface area contributed by atoms with Gasteiger partial charge in [-0.25, -0.2) is 0 Å². The maximum absolute atomic E-state index is 12.7. The molecule has 2 fully saturated rings. The number of nitriles is 1. The topological polar surface area (TPSA) is 64.4 Å². The van der Waals surface area contributed by atoms with E-state index in [0.717, 1.165) is 31.5 Å². The second-order valence-corrected chi connectivity index (χ2v) is 7.47. The highest BCUT2D eigenvalue weighted by atomic mass is 16.2. The van der Waals surface area contributed by atoms with Crippen LogP contribution in [-0.4, -0.2) is 36.3 Å². The zero-order valence-corrected chi connectivity index (χ0v) is 14.1. The van der Waals surface area contributed by atoms with Crippen molar-refractivity contribution in [1.29, 1.82) is 5.26 Å². The van der Waals surface area contributed by atoms with E-state index in [0.29, 0.717) is 25.1 Å². The van der Waals surface area contributed by atoms with Gasteiger partial charge in [-0.2, -0.15) is 5.26 Å². The number of rotatable bonds is 2. The summed E-state index contributed by atoms with van der Waals surface area (Å²) in [5.74, 6) is 0.418. The van der Waals surface area contributed by atoms with Crippen molar-refractivity contribution < 1.29 is 9.59 Å². The Morgan fingerprint density at radius 3 is 2.80 bits per heavy atom. The summed E-state index contributed by atoms with van der Waals surface area (Å²) in [4.78, 5) is 29.0. The normalized spacial score (nSPS) is 26.0. The average Bonchev–Trinajstić information content (AvgIpc) is 3.36. The van der Waals surface area contributed by atoms with Gasteiger partial charge in [-0.05, 0) is 37.5 Å². The van der Waals surface area contributed by atoms with Gasteiger partial charge in [0.25, 0.3) is 0 Å². The number of carbonyl (C=O) groups excluding carboxylic acids is 2. The summed E-state index contributed by atoms with van der Waals surface area (Å²) < 4.78 is 0. The molecular weight excluding hydrogens is 314 g/mol. The van der Waals surface area contributed by atoms with Gasteiger partial charge in [0.05, 0.1) is 11.6 Å². The Balaban J connectivity index is 1.48. The number of likely N-dealkylation sites (tertiary alicyclic amines) is 1. The van der Waals surface area contributed by atoms with Crippen molar-refractivity contribution in [1.82, 2.24) is 4.90 Å². The molecule has 2 heterocycles. The maximum atomic E-state index is 12.7. The molecule has 2 amide bonds. The third-order valence-corrected chi connectivity index (χ3v) is 5.71. The molecule has 128 valence electrons. The Bertz CT molecular complexity index is 786. The van der Waals surface area contributed by atoms with Gasteiger partial charge in [-0.3, -0.25) is 9.59 Å². The Labute approximate surface area is 147 Å². The van der Waals surface area contributed by atoms with Gasteiger partial charge in [-0.1, -0.05) is 18.2 Å². The molecule has 0 radical (unpaired) electrons. The fourth-order valence-electron chi connectivity index (χ4n) is 4.35. The van der Waals surface area contributed by atoms with Gasteiger partial charge in [0.1, 0.15) is 0 Å². The van der Waals surface area contributed by atoms with E-state index < -0.39 is 0 Å². The van der Waals surface area contributed by atoms with Crippen LogP contribution in [0.5, 0.6) is 0 Å². The first-order chi connectivity index (χ1) is 12.1. The second kappa shape index (κ2) is 6.03. The van der Waals surface area contributed by atoms with Crippen molar-refractivity contribution in [2.24, 2.45) is 11.3 Å². The second-order valence-electron chi connectivity index (χ2n) is 7.47. The lowest BCUT2D eigenvalue weighted by Crippen LogP contribution is -2.36. The van der Waals surface area contributed by atoms with Crippen molar-refractivity contribution in [3.63, 3.8) is 0 Å². The molecule has 0 unspecified atom stereocenters. The largest absolute Gasteiger partial charge is 0.342 e. The predicted octanol–water partition coefficient (Wildman–Crippen LogP) is 2.48. The van der Waals surface area contributed by atoms with Crippen molar-refractivity contribution in [2.75, 3.05) is 24.5 Å². The predicted molar refractivity (Wildman–Crippen MR) is 93.6 cm³/mol. The monoisotopic (exact) mass is 335 g/mol. The van der Waals surface area contributed by atoms with Crippen LogP contribution in [0.25, 0.3) is 0 Å². The molecular formula is C20H21N3O2. The van der Waals surface area contributed by atoms with Crippen molar-refractivity contribution in [3.05, 3.63) is 42.0 Å². The summed E-state index contributed by atoms with van der Waals surface area (Å²) in [5, 5.41) is 9.07. The number of hydrogen-bond acceptors (Lipinski definition) is 3. The molecule has 0 saturated carbocycles. The van der Waals surface area contributed by atoms with Gasteiger partial charge < -0.3 is 9.80 Å². The Morgan fingerprint density at radius 2 is 2.04 bits per heavy atom. The third kappa shape index (κ3) is 2.82. The van der Waals surface area contributed by atoms with E-state index in [2.05, 4.69) is 18.2 Å². The Hall–Kier alpha value is -2.61. The van der Waals surface area contributed by atoms with Gasteiger partial charge in [0, 0.05) is 43.1 Å². The lowest BCUT2D eigenvalue weighted by atomic mass is 9.86. The zero-order valence-electron chi connectivity index (χ0n) is 14.1. The van der Waals surface area contributed by atoms with Crippen LogP contribution in [0.15, 0.2) is 36.4 Å². The number of nitrogens with zero attached hydrogens (tertiary/aromatic N) is 3. The molecule has 0 aromatic heterocycles. The maximum Gasteiger partial charge on any atom is 0.227 e. The van der Waals surface area contributed by atoms with Crippen LogP contribution in [-0.2, 0) is 9.59 Å². The van der Waals surface area contributed by atoms with Crippen LogP contribution in [0.2, 0.25) is 0 Å². The molecule has 3 aliphatic rings. The molecule has 4 rings (SSSR count). The average molecular weight is 335 g/mol. The summed E-state index contributed by atoms with van der Waals surface area (Å²) in [6.07, 6.45) is 7.20. The van der Waals surface area contributed by atoms with Gasteiger partial charge in [0.15, 0.2) is 0 Å². The van der Waals surface area contributed by atoms with E-state index in [4.69, 9.17) is 5.26 Å². The summed E-state index contributed by atoms with van der Waals surface area (Å²) in [7, 11) is 0. The van der Waals surface area contributed by atoms with Crippen molar-refractivity contribution in [2.45, 2.75) is 25.7 Å². The SMILES string of the molecule is N#Cc1cccc(N2C[C@]3(CCN(C(=O)C4CC=CC4)C3)CC2=O)c1. The molecule has 5 nitrogen and oxygen atoms in total. The van der Waals surface area contributed by atoms with Crippen LogP contribution in [0.4, 0.5) is 5.69 Å². The fourth-order valence-corrected chi connectivity index (χ4v) is 4.35. The highest BCUT2D eigenvalue weighted by molar-refractivity contribution is 5.96. The van der Waals surface area contributed by atoms with Crippen LogP contribution in [0.3, 0.4) is 0 Å². The molecule has 1 aliphatic carbocycles.